The van der Waals surface area contributed by atoms with Gasteiger partial charge >= 0.3 is 0 Å². The van der Waals surface area contributed by atoms with Gasteiger partial charge in [0.15, 0.2) is 9.84 Å². The summed E-state index contributed by atoms with van der Waals surface area (Å²) in [6.07, 6.45) is 1.58. The SMILES string of the molecule is CCS(=O)(=O)CCNc1ccc(N)nc1. The number of sulfone groups is 1. The molecule has 0 radical (unpaired) electrons. The first kappa shape index (κ1) is 11.8. The van der Waals surface area contributed by atoms with E-state index in [1.54, 1.807) is 25.3 Å². The van der Waals surface area contributed by atoms with E-state index < -0.39 is 9.84 Å². The fraction of sp³-hybridized carbons (Fsp3) is 0.444. The van der Waals surface area contributed by atoms with Crippen molar-refractivity contribution in [3.05, 3.63) is 18.3 Å². The second kappa shape index (κ2) is 4.97. The molecule has 0 aliphatic carbocycles. The number of hydrogen-bond acceptors (Lipinski definition) is 5. The second-order valence-electron chi connectivity index (χ2n) is 3.13. The molecule has 0 bridgehead atoms. The van der Waals surface area contributed by atoms with Gasteiger partial charge in [0.05, 0.1) is 17.6 Å². The number of anilines is 2. The predicted octanol–water partition coefficient (Wildman–Crippen LogP) is 0.510. The van der Waals surface area contributed by atoms with E-state index in [9.17, 15) is 8.42 Å². The number of rotatable bonds is 5. The summed E-state index contributed by atoms with van der Waals surface area (Å²) >= 11 is 0. The second-order valence-corrected chi connectivity index (χ2v) is 5.61. The zero-order valence-corrected chi connectivity index (χ0v) is 9.42. The molecule has 6 heteroatoms. The van der Waals surface area contributed by atoms with Crippen molar-refractivity contribution in [3.8, 4) is 0 Å². The molecule has 5 nitrogen and oxygen atoms in total. The lowest BCUT2D eigenvalue weighted by atomic mass is 10.4. The van der Waals surface area contributed by atoms with Crippen LogP contribution in [0.2, 0.25) is 0 Å². The Hall–Kier alpha value is -1.30. The maximum Gasteiger partial charge on any atom is 0.151 e. The number of nitrogen functional groups attached to an aromatic ring is 1. The van der Waals surface area contributed by atoms with Crippen molar-refractivity contribution >= 4 is 21.3 Å². The van der Waals surface area contributed by atoms with Crippen LogP contribution < -0.4 is 11.1 Å². The highest BCUT2D eigenvalue weighted by molar-refractivity contribution is 7.91. The number of nitrogens with zero attached hydrogens (tertiary/aromatic N) is 1. The Kier molecular flexibility index (Phi) is 3.90. The molecule has 1 rings (SSSR count). The van der Waals surface area contributed by atoms with E-state index in [1.165, 1.54) is 0 Å². The highest BCUT2D eigenvalue weighted by Gasteiger charge is 2.05. The first-order valence-electron chi connectivity index (χ1n) is 4.69. The van der Waals surface area contributed by atoms with Crippen LogP contribution in [0.5, 0.6) is 0 Å². The molecule has 1 aromatic rings. The van der Waals surface area contributed by atoms with Crippen LogP contribution in [0.15, 0.2) is 18.3 Å². The number of aromatic nitrogens is 1. The van der Waals surface area contributed by atoms with Gasteiger partial charge in [0.1, 0.15) is 5.82 Å². The zero-order valence-electron chi connectivity index (χ0n) is 8.60. The summed E-state index contributed by atoms with van der Waals surface area (Å²) in [6, 6.07) is 3.43. The molecular weight excluding hydrogens is 214 g/mol. The van der Waals surface area contributed by atoms with Gasteiger partial charge in [0, 0.05) is 12.3 Å². The topological polar surface area (TPSA) is 85.1 Å². The molecule has 0 fully saturated rings. The van der Waals surface area contributed by atoms with Gasteiger partial charge in [-0.1, -0.05) is 6.92 Å². The minimum Gasteiger partial charge on any atom is -0.384 e. The molecule has 0 unspecified atom stereocenters. The standard InChI is InChI=1S/C9H15N3O2S/c1-2-15(13,14)6-5-11-8-3-4-9(10)12-7-8/h3-4,7,11H,2,5-6H2,1H3,(H2,10,12). The van der Waals surface area contributed by atoms with Gasteiger partial charge in [-0.2, -0.15) is 0 Å². The summed E-state index contributed by atoms with van der Waals surface area (Å²) in [7, 11) is -2.91. The van der Waals surface area contributed by atoms with Gasteiger partial charge in [0.25, 0.3) is 0 Å². The van der Waals surface area contributed by atoms with Crippen LogP contribution in [0, 0.1) is 0 Å². The quantitative estimate of drug-likeness (QED) is 0.768. The predicted molar refractivity (Wildman–Crippen MR) is 61.5 cm³/mol. The average molecular weight is 229 g/mol. The molecule has 0 aliphatic heterocycles. The van der Waals surface area contributed by atoms with Crippen molar-refractivity contribution in [3.63, 3.8) is 0 Å². The first-order chi connectivity index (χ1) is 7.03. The van der Waals surface area contributed by atoms with E-state index in [0.717, 1.165) is 5.69 Å². The minimum atomic E-state index is -2.91. The Morgan fingerprint density at radius 3 is 2.73 bits per heavy atom. The van der Waals surface area contributed by atoms with Crippen LogP contribution in [0.4, 0.5) is 11.5 Å². The average Bonchev–Trinajstić information content (AvgIpc) is 2.21. The van der Waals surface area contributed by atoms with Crippen LogP contribution in [0.3, 0.4) is 0 Å². The molecule has 0 atom stereocenters. The lowest BCUT2D eigenvalue weighted by Gasteiger charge is -2.05. The Bertz CT molecular complexity index is 400. The number of pyridine rings is 1. The van der Waals surface area contributed by atoms with Crippen LogP contribution in [0.1, 0.15) is 6.92 Å². The third-order valence-electron chi connectivity index (χ3n) is 1.97. The van der Waals surface area contributed by atoms with E-state index >= 15 is 0 Å². The lowest BCUT2D eigenvalue weighted by molar-refractivity contribution is 0.597. The molecule has 0 amide bonds. The van der Waals surface area contributed by atoms with E-state index in [4.69, 9.17) is 5.73 Å². The van der Waals surface area contributed by atoms with E-state index in [-0.39, 0.29) is 11.5 Å². The summed E-state index contributed by atoms with van der Waals surface area (Å²) in [4.78, 5) is 3.88. The molecule has 1 aromatic heterocycles. The molecule has 0 saturated heterocycles. The first-order valence-corrected chi connectivity index (χ1v) is 6.51. The van der Waals surface area contributed by atoms with Crippen molar-refractivity contribution in [2.24, 2.45) is 0 Å². The van der Waals surface area contributed by atoms with Crippen molar-refractivity contribution in [1.29, 1.82) is 0 Å². The summed E-state index contributed by atoms with van der Waals surface area (Å²) in [6.45, 7) is 2.03. The van der Waals surface area contributed by atoms with Crippen LogP contribution >= 0.6 is 0 Å². The fourth-order valence-electron chi connectivity index (χ4n) is 1.01. The Morgan fingerprint density at radius 2 is 2.20 bits per heavy atom. The normalized spacial score (nSPS) is 11.3. The number of nitrogens with one attached hydrogen (secondary N) is 1. The fourth-order valence-corrected chi connectivity index (χ4v) is 1.71. The third kappa shape index (κ3) is 4.16. The largest absolute Gasteiger partial charge is 0.384 e. The summed E-state index contributed by atoms with van der Waals surface area (Å²) in [5.41, 5.74) is 6.18. The Balaban J connectivity index is 2.42. The summed E-state index contributed by atoms with van der Waals surface area (Å²) in [5.74, 6) is 0.754. The highest BCUT2D eigenvalue weighted by Crippen LogP contribution is 2.06. The van der Waals surface area contributed by atoms with Gasteiger partial charge in [-0.3, -0.25) is 0 Å². The van der Waals surface area contributed by atoms with Crippen molar-refractivity contribution < 1.29 is 8.42 Å². The molecule has 3 N–H and O–H groups in total. The van der Waals surface area contributed by atoms with Gasteiger partial charge in [-0.25, -0.2) is 13.4 Å². The maximum absolute atomic E-state index is 11.2. The third-order valence-corrected chi connectivity index (χ3v) is 3.67. The summed E-state index contributed by atoms with van der Waals surface area (Å²) in [5, 5.41) is 2.97. The molecule has 84 valence electrons. The summed E-state index contributed by atoms with van der Waals surface area (Å²) < 4.78 is 22.3. The van der Waals surface area contributed by atoms with Crippen molar-refractivity contribution in [2.75, 3.05) is 29.1 Å². The van der Waals surface area contributed by atoms with Crippen LogP contribution in [-0.2, 0) is 9.84 Å². The van der Waals surface area contributed by atoms with Gasteiger partial charge < -0.3 is 11.1 Å². The van der Waals surface area contributed by atoms with Gasteiger partial charge in [-0.15, -0.1) is 0 Å². The Morgan fingerprint density at radius 1 is 1.47 bits per heavy atom. The van der Waals surface area contributed by atoms with E-state index in [2.05, 4.69) is 10.3 Å². The Labute approximate surface area is 89.6 Å². The molecule has 0 saturated carbocycles. The van der Waals surface area contributed by atoms with Gasteiger partial charge in [0.2, 0.25) is 0 Å². The van der Waals surface area contributed by atoms with Crippen LogP contribution in [-0.4, -0.2) is 31.5 Å². The van der Waals surface area contributed by atoms with Crippen molar-refractivity contribution in [2.45, 2.75) is 6.92 Å². The molecule has 0 aliphatic rings. The van der Waals surface area contributed by atoms with E-state index in [0.29, 0.717) is 12.4 Å². The smallest absolute Gasteiger partial charge is 0.151 e. The zero-order chi connectivity index (χ0) is 11.3. The maximum atomic E-state index is 11.2. The molecule has 1 heterocycles. The van der Waals surface area contributed by atoms with Gasteiger partial charge in [-0.05, 0) is 12.1 Å². The molecule has 0 aromatic carbocycles. The number of hydrogen-bond donors (Lipinski definition) is 2. The minimum absolute atomic E-state index is 0.133. The monoisotopic (exact) mass is 229 g/mol. The van der Waals surface area contributed by atoms with E-state index in [1.807, 2.05) is 0 Å². The lowest BCUT2D eigenvalue weighted by Crippen LogP contribution is -2.17. The molecular formula is C9H15N3O2S. The molecule has 0 spiro atoms. The van der Waals surface area contributed by atoms with Crippen LogP contribution in [0.25, 0.3) is 0 Å². The van der Waals surface area contributed by atoms with Crippen molar-refractivity contribution in [1.82, 2.24) is 4.98 Å². The number of nitrogens with two attached hydrogens (primary N) is 1. The highest BCUT2D eigenvalue weighted by atomic mass is 32.2. The molecule has 15 heavy (non-hydrogen) atoms.